The van der Waals surface area contributed by atoms with Gasteiger partial charge in [0.15, 0.2) is 0 Å². The van der Waals surface area contributed by atoms with Crippen molar-refractivity contribution in [3.8, 4) is 6.07 Å². The summed E-state index contributed by atoms with van der Waals surface area (Å²) in [6, 6.07) is 14.0. The van der Waals surface area contributed by atoms with Gasteiger partial charge in [0.05, 0.1) is 30.1 Å². The van der Waals surface area contributed by atoms with E-state index in [1.165, 1.54) is 7.11 Å². The number of amides is 3. The summed E-state index contributed by atoms with van der Waals surface area (Å²) in [5.74, 6) is -0.542. The van der Waals surface area contributed by atoms with Crippen molar-refractivity contribution < 1.29 is 19.1 Å². The number of hydrogen-bond donors (Lipinski definition) is 3. The second-order valence-electron chi connectivity index (χ2n) is 9.76. The van der Waals surface area contributed by atoms with Gasteiger partial charge >= 0.3 is 6.09 Å². The molecule has 0 bridgehead atoms. The summed E-state index contributed by atoms with van der Waals surface area (Å²) in [4.78, 5) is 42.0. The van der Waals surface area contributed by atoms with Crippen LogP contribution in [0, 0.1) is 11.3 Å². The highest BCUT2D eigenvalue weighted by atomic mass is 16.5. The highest BCUT2D eigenvalue weighted by Gasteiger charge is 2.24. The summed E-state index contributed by atoms with van der Waals surface area (Å²) in [5.41, 5.74) is 8.58. The van der Waals surface area contributed by atoms with Crippen molar-refractivity contribution in [2.24, 2.45) is 5.73 Å². The van der Waals surface area contributed by atoms with Crippen molar-refractivity contribution in [2.45, 2.75) is 44.2 Å². The SMILES string of the molecule is COC(=O)N1CCCN(c2ccc(C(=O)NC3CCC(N)CC3)cc2NC(=O)c2ccc(C#N)cc2)CC1. The molecule has 0 spiro atoms. The zero-order valence-corrected chi connectivity index (χ0v) is 21.6. The predicted molar refractivity (Wildman–Crippen MR) is 144 cm³/mol. The summed E-state index contributed by atoms with van der Waals surface area (Å²) in [7, 11) is 1.37. The molecule has 0 unspecified atom stereocenters. The molecule has 1 saturated heterocycles. The van der Waals surface area contributed by atoms with E-state index in [1.54, 1.807) is 41.3 Å². The van der Waals surface area contributed by atoms with E-state index in [2.05, 4.69) is 15.5 Å². The maximum Gasteiger partial charge on any atom is 0.409 e. The van der Waals surface area contributed by atoms with Crippen LogP contribution in [-0.4, -0.2) is 68.2 Å². The Hall–Kier alpha value is -4.10. The zero-order chi connectivity index (χ0) is 27.1. The smallest absolute Gasteiger partial charge is 0.409 e. The zero-order valence-electron chi connectivity index (χ0n) is 21.6. The number of nitrogens with zero attached hydrogens (tertiary/aromatic N) is 3. The molecular weight excluding hydrogens is 484 g/mol. The van der Waals surface area contributed by atoms with Gasteiger partial charge in [0.25, 0.3) is 11.8 Å². The van der Waals surface area contributed by atoms with Gasteiger partial charge in [0, 0.05) is 49.4 Å². The first-order chi connectivity index (χ1) is 18.4. The normalized spacial score (nSPS) is 19.6. The second-order valence-corrected chi connectivity index (χ2v) is 9.76. The topological polar surface area (TPSA) is 141 Å². The summed E-state index contributed by atoms with van der Waals surface area (Å²) in [6.45, 7) is 2.26. The lowest BCUT2D eigenvalue weighted by Gasteiger charge is -2.28. The quantitative estimate of drug-likeness (QED) is 0.552. The molecule has 0 aromatic heterocycles. The number of methoxy groups -OCH3 is 1. The number of benzene rings is 2. The van der Waals surface area contributed by atoms with Crippen LogP contribution in [0.15, 0.2) is 42.5 Å². The van der Waals surface area contributed by atoms with Crippen LogP contribution in [0.1, 0.15) is 58.4 Å². The van der Waals surface area contributed by atoms with E-state index in [0.717, 1.165) is 37.8 Å². The fourth-order valence-corrected chi connectivity index (χ4v) is 4.95. The van der Waals surface area contributed by atoms with Crippen LogP contribution in [0.3, 0.4) is 0 Å². The lowest BCUT2D eigenvalue weighted by Crippen LogP contribution is -2.40. The van der Waals surface area contributed by atoms with Crippen molar-refractivity contribution in [1.29, 1.82) is 5.26 Å². The Morgan fingerprint density at radius 1 is 0.947 bits per heavy atom. The number of rotatable bonds is 5. The van der Waals surface area contributed by atoms with Crippen LogP contribution in [0.2, 0.25) is 0 Å². The molecule has 10 nitrogen and oxygen atoms in total. The molecule has 200 valence electrons. The van der Waals surface area contributed by atoms with Gasteiger partial charge in [-0.2, -0.15) is 5.26 Å². The number of nitriles is 1. The van der Waals surface area contributed by atoms with Gasteiger partial charge in [-0.15, -0.1) is 0 Å². The Balaban J connectivity index is 1.57. The van der Waals surface area contributed by atoms with Gasteiger partial charge in [-0.1, -0.05) is 0 Å². The summed E-state index contributed by atoms with van der Waals surface area (Å²) >= 11 is 0. The Morgan fingerprint density at radius 3 is 2.34 bits per heavy atom. The maximum atomic E-state index is 13.1. The minimum Gasteiger partial charge on any atom is -0.453 e. The number of hydrogen-bond acceptors (Lipinski definition) is 7. The molecule has 38 heavy (non-hydrogen) atoms. The van der Waals surface area contributed by atoms with Gasteiger partial charge < -0.3 is 30.9 Å². The molecular formula is C28H34N6O4. The lowest BCUT2D eigenvalue weighted by molar-refractivity contribution is 0.0924. The highest BCUT2D eigenvalue weighted by Crippen LogP contribution is 2.29. The van der Waals surface area contributed by atoms with Gasteiger partial charge in [-0.05, 0) is 74.6 Å². The molecule has 1 saturated carbocycles. The van der Waals surface area contributed by atoms with Crippen molar-refractivity contribution in [3.63, 3.8) is 0 Å². The van der Waals surface area contributed by atoms with Crippen molar-refractivity contribution in [1.82, 2.24) is 10.2 Å². The van der Waals surface area contributed by atoms with Crippen LogP contribution in [0.4, 0.5) is 16.2 Å². The average Bonchev–Trinajstić information content (AvgIpc) is 3.20. The molecule has 0 atom stereocenters. The molecule has 10 heteroatoms. The molecule has 2 aromatic rings. The average molecular weight is 519 g/mol. The number of carbonyl (C=O) groups excluding carboxylic acids is 3. The molecule has 3 amide bonds. The fraction of sp³-hybridized carbons (Fsp3) is 0.429. The van der Waals surface area contributed by atoms with Crippen LogP contribution >= 0.6 is 0 Å². The first-order valence-electron chi connectivity index (χ1n) is 13.0. The second kappa shape index (κ2) is 12.4. The lowest BCUT2D eigenvalue weighted by atomic mass is 9.91. The van der Waals surface area contributed by atoms with E-state index in [-0.39, 0.29) is 30.0 Å². The Labute approximate surface area is 222 Å². The molecule has 0 radical (unpaired) electrons. The predicted octanol–water partition coefficient (Wildman–Crippen LogP) is 3.09. The van der Waals surface area contributed by atoms with Crippen LogP contribution in [0.5, 0.6) is 0 Å². The number of anilines is 2. The summed E-state index contributed by atoms with van der Waals surface area (Å²) < 4.78 is 4.88. The van der Waals surface area contributed by atoms with Crippen LogP contribution < -0.4 is 21.3 Å². The fourth-order valence-electron chi connectivity index (χ4n) is 4.95. The molecule has 1 aliphatic heterocycles. The minimum absolute atomic E-state index is 0.0774. The maximum absolute atomic E-state index is 13.1. The number of nitrogens with one attached hydrogen (secondary N) is 2. The molecule has 1 heterocycles. The number of nitrogens with two attached hydrogens (primary N) is 1. The van der Waals surface area contributed by atoms with E-state index in [1.807, 2.05) is 12.1 Å². The van der Waals surface area contributed by atoms with Gasteiger partial charge in [-0.25, -0.2) is 4.79 Å². The third-order valence-electron chi connectivity index (χ3n) is 7.16. The van der Waals surface area contributed by atoms with Crippen molar-refractivity contribution >= 4 is 29.3 Å². The Bertz CT molecular complexity index is 1200. The number of carbonyl (C=O) groups is 3. The van der Waals surface area contributed by atoms with E-state index in [9.17, 15) is 14.4 Å². The van der Waals surface area contributed by atoms with E-state index >= 15 is 0 Å². The summed E-state index contributed by atoms with van der Waals surface area (Å²) in [5, 5.41) is 15.1. The van der Waals surface area contributed by atoms with Crippen LogP contribution in [-0.2, 0) is 4.74 Å². The van der Waals surface area contributed by atoms with Gasteiger partial charge in [0.1, 0.15) is 0 Å². The minimum atomic E-state index is -0.364. The molecule has 2 fully saturated rings. The number of ether oxygens (including phenoxy) is 1. The molecule has 1 aliphatic carbocycles. The first kappa shape index (κ1) is 26.9. The molecule has 4 rings (SSSR count). The molecule has 4 N–H and O–H groups in total. The van der Waals surface area contributed by atoms with Gasteiger partial charge in [-0.3, -0.25) is 9.59 Å². The molecule has 2 aliphatic rings. The molecule has 2 aromatic carbocycles. The van der Waals surface area contributed by atoms with E-state index in [0.29, 0.717) is 48.6 Å². The van der Waals surface area contributed by atoms with Gasteiger partial charge in [0.2, 0.25) is 0 Å². The monoisotopic (exact) mass is 518 g/mol. The van der Waals surface area contributed by atoms with E-state index in [4.69, 9.17) is 15.7 Å². The largest absolute Gasteiger partial charge is 0.453 e. The van der Waals surface area contributed by atoms with Crippen molar-refractivity contribution in [2.75, 3.05) is 43.5 Å². The third kappa shape index (κ3) is 6.61. The first-order valence-corrected chi connectivity index (χ1v) is 13.0. The third-order valence-corrected chi connectivity index (χ3v) is 7.16. The Kier molecular flexibility index (Phi) is 8.81. The van der Waals surface area contributed by atoms with Crippen molar-refractivity contribution in [3.05, 3.63) is 59.2 Å². The Morgan fingerprint density at radius 2 is 1.66 bits per heavy atom. The standard InChI is InChI=1S/C28H34N6O4/c1-38-28(37)34-14-2-13-33(15-16-34)25-12-7-21(27(36)31-23-10-8-22(30)9-11-23)17-24(25)32-26(35)20-5-3-19(18-29)4-6-20/h3-7,12,17,22-23H,2,8-11,13-16,30H2,1H3,(H,31,36)(H,32,35). The van der Waals surface area contributed by atoms with E-state index < -0.39 is 0 Å². The highest BCUT2D eigenvalue weighted by molar-refractivity contribution is 6.07. The summed E-state index contributed by atoms with van der Waals surface area (Å²) in [6.07, 6.45) is 3.82. The van der Waals surface area contributed by atoms with Crippen LogP contribution in [0.25, 0.3) is 0 Å².